The number of thiophene rings is 1. The van der Waals surface area contributed by atoms with Crippen LogP contribution in [0.2, 0.25) is 0 Å². The Labute approximate surface area is 123 Å². The van der Waals surface area contributed by atoms with Crippen molar-refractivity contribution < 1.29 is 4.74 Å². The minimum Gasteiger partial charge on any atom is -0.375 e. The Morgan fingerprint density at radius 1 is 1.29 bits per heavy atom. The molecule has 96 valence electrons. The van der Waals surface area contributed by atoms with Gasteiger partial charge in [0.15, 0.2) is 0 Å². The van der Waals surface area contributed by atoms with Gasteiger partial charge in [-0.3, -0.25) is 0 Å². The number of ether oxygens (including phenoxy) is 1. The van der Waals surface area contributed by atoms with E-state index in [9.17, 15) is 0 Å². The standard InChI is InChI=1S/C12H17Br2NOS/c1-5-6(2)16-7(3)10(5)11(15)9-4-8(13)12(14)17-9/h4-7,10-11H,15H2,1-3H3. The van der Waals surface area contributed by atoms with Crippen LogP contribution in [-0.2, 0) is 4.74 Å². The van der Waals surface area contributed by atoms with Crippen LogP contribution in [0.5, 0.6) is 0 Å². The van der Waals surface area contributed by atoms with Gasteiger partial charge >= 0.3 is 0 Å². The first-order valence-corrected chi connectivity index (χ1v) is 8.17. The minimum absolute atomic E-state index is 0.0533. The summed E-state index contributed by atoms with van der Waals surface area (Å²) in [4.78, 5) is 1.21. The summed E-state index contributed by atoms with van der Waals surface area (Å²) in [6.07, 6.45) is 0.530. The molecule has 0 aliphatic carbocycles. The van der Waals surface area contributed by atoms with E-state index in [0.717, 1.165) is 8.26 Å². The molecule has 1 aliphatic rings. The zero-order valence-corrected chi connectivity index (χ0v) is 14.1. The Morgan fingerprint density at radius 3 is 2.35 bits per heavy atom. The summed E-state index contributed by atoms with van der Waals surface area (Å²) >= 11 is 8.74. The summed E-state index contributed by atoms with van der Waals surface area (Å²) in [5, 5.41) is 0. The Morgan fingerprint density at radius 2 is 1.94 bits per heavy atom. The molecule has 5 atom stereocenters. The number of halogens is 2. The fourth-order valence-corrected chi connectivity index (χ4v) is 4.78. The van der Waals surface area contributed by atoms with Crippen LogP contribution in [0.25, 0.3) is 0 Å². The van der Waals surface area contributed by atoms with E-state index < -0.39 is 0 Å². The lowest BCUT2D eigenvalue weighted by atomic mass is 9.83. The van der Waals surface area contributed by atoms with Crippen molar-refractivity contribution in [3.05, 3.63) is 19.2 Å². The van der Waals surface area contributed by atoms with Crippen LogP contribution in [0.1, 0.15) is 31.7 Å². The predicted octanol–water partition coefficient (Wildman–Crippen LogP) is 4.33. The molecule has 1 saturated heterocycles. The minimum atomic E-state index is 0.0533. The summed E-state index contributed by atoms with van der Waals surface area (Å²) < 4.78 is 8.06. The Bertz CT molecular complexity index is 390. The van der Waals surface area contributed by atoms with Crippen molar-refractivity contribution in [1.29, 1.82) is 0 Å². The maximum atomic E-state index is 6.41. The monoisotopic (exact) mass is 381 g/mol. The summed E-state index contributed by atoms with van der Waals surface area (Å²) in [5.74, 6) is 0.891. The van der Waals surface area contributed by atoms with E-state index in [2.05, 4.69) is 58.7 Å². The fourth-order valence-electron chi connectivity index (χ4n) is 2.63. The van der Waals surface area contributed by atoms with Gasteiger partial charge in [-0.2, -0.15) is 0 Å². The van der Waals surface area contributed by atoms with Gasteiger partial charge in [-0.25, -0.2) is 0 Å². The van der Waals surface area contributed by atoms with Gasteiger partial charge in [-0.1, -0.05) is 6.92 Å². The highest BCUT2D eigenvalue weighted by molar-refractivity contribution is 9.13. The molecule has 1 aliphatic heterocycles. The molecule has 0 aromatic carbocycles. The average Bonchev–Trinajstić information content (AvgIpc) is 2.70. The van der Waals surface area contributed by atoms with Crippen LogP contribution in [0.3, 0.4) is 0 Å². The topological polar surface area (TPSA) is 35.2 Å². The van der Waals surface area contributed by atoms with Crippen molar-refractivity contribution in [2.45, 2.75) is 39.0 Å². The quantitative estimate of drug-likeness (QED) is 0.825. The van der Waals surface area contributed by atoms with Gasteiger partial charge < -0.3 is 10.5 Å². The van der Waals surface area contributed by atoms with Crippen LogP contribution in [-0.4, -0.2) is 12.2 Å². The summed E-state index contributed by atoms with van der Waals surface area (Å²) in [7, 11) is 0. The largest absolute Gasteiger partial charge is 0.375 e. The molecule has 1 fully saturated rings. The second-order valence-electron chi connectivity index (χ2n) is 4.78. The van der Waals surface area contributed by atoms with Gasteiger partial charge in [0.25, 0.3) is 0 Å². The first-order chi connectivity index (χ1) is 7.91. The van der Waals surface area contributed by atoms with Crippen LogP contribution in [0.4, 0.5) is 0 Å². The highest BCUT2D eigenvalue weighted by atomic mass is 79.9. The maximum Gasteiger partial charge on any atom is 0.0843 e. The van der Waals surface area contributed by atoms with Gasteiger partial charge in [0.1, 0.15) is 0 Å². The molecule has 1 aromatic heterocycles. The van der Waals surface area contributed by atoms with E-state index in [1.54, 1.807) is 11.3 Å². The molecule has 0 saturated carbocycles. The van der Waals surface area contributed by atoms with Gasteiger partial charge in [-0.05, 0) is 57.7 Å². The van der Waals surface area contributed by atoms with Crippen molar-refractivity contribution >= 4 is 43.2 Å². The molecule has 0 amide bonds. The maximum absolute atomic E-state index is 6.41. The second-order valence-corrected chi connectivity index (χ2v) is 8.03. The normalized spacial score (nSPS) is 35.2. The van der Waals surface area contributed by atoms with Crippen LogP contribution in [0, 0.1) is 11.8 Å². The third-order valence-corrected chi connectivity index (χ3v) is 7.08. The van der Waals surface area contributed by atoms with Gasteiger partial charge in [0.2, 0.25) is 0 Å². The molecule has 2 heterocycles. The summed E-state index contributed by atoms with van der Waals surface area (Å²) in [6, 6.07) is 2.17. The van der Waals surface area contributed by atoms with Crippen LogP contribution < -0.4 is 5.73 Å². The van der Waals surface area contributed by atoms with E-state index in [1.807, 2.05) is 0 Å². The Balaban J connectivity index is 2.22. The van der Waals surface area contributed by atoms with Crippen molar-refractivity contribution in [1.82, 2.24) is 0 Å². The van der Waals surface area contributed by atoms with E-state index in [-0.39, 0.29) is 12.1 Å². The zero-order chi connectivity index (χ0) is 12.7. The SMILES string of the molecule is CC1OC(C)C(C(N)c2cc(Br)c(Br)s2)C1C. The number of rotatable bonds is 2. The third kappa shape index (κ3) is 2.63. The summed E-state index contributed by atoms with van der Waals surface area (Å²) in [6.45, 7) is 6.49. The zero-order valence-electron chi connectivity index (χ0n) is 10.1. The number of nitrogens with two attached hydrogens (primary N) is 1. The highest BCUT2D eigenvalue weighted by Gasteiger charge is 2.41. The molecular formula is C12H17Br2NOS. The van der Waals surface area contributed by atoms with Crippen molar-refractivity contribution in [2.75, 3.05) is 0 Å². The third-order valence-electron chi connectivity index (χ3n) is 3.73. The van der Waals surface area contributed by atoms with Crippen molar-refractivity contribution in [3.63, 3.8) is 0 Å². The molecule has 5 heteroatoms. The smallest absolute Gasteiger partial charge is 0.0843 e. The van der Waals surface area contributed by atoms with Gasteiger partial charge in [0.05, 0.1) is 16.0 Å². The van der Waals surface area contributed by atoms with E-state index in [4.69, 9.17) is 10.5 Å². The lowest BCUT2D eigenvalue weighted by Crippen LogP contribution is -2.30. The first kappa shape index (κ1) is 14.0. The van der Waals surface area contributed by atoms with Crippen molar-refractivity contribution in [2.24, 2.45) is 17.6 Å². The molecular weight excluding hydrogens is 366 g/mol. The van der Waals surface area contributed by atoms with E-state index >= 15 is 0 Å². The average molecular weight is 383 g/mol. The molecule has 1 aromatic rings. The molecule has 2 rings (SSSR count). The van der Waals surface area contributed by atoms with Gasteiger partial charge in [-0.15, -0.1) is 11.3 Å². The summed E-state index contributed by atoms with van der Waals surface area (Å²) in [5.41, 5.74) is 6.41. The van der Waals surface area contributed by atoms with E-state index in [1.165, 1.54) is 4.88 Å². The first-order valence-electron chi connectivity index (χ1n) is 5.77. The van der Waals surface area contributed by atoms with Crippen molar-refractivity contribution in [3.8, 4) is 0 Å². The Hall–Kier alpha value is 0.580. The lowest BCUT2D eigenvalue weighted by molar-refractivity contribution is 0.0490. The number of hydrogen-bond acceptors (Lipinski definition) is 3. The second kappa shape index (κ2) is 5.29. The number of hydrogen-bond donors (Lipinski definition) is 1. The van der Waals surface area contributed by atoms with Crippen LogP contribution >= 0.6 is 43.2 Å². The van der Waals surface area contributed by atoms with Gasteiger partial charge in [0, 0.05) is 21.3 Å². The molecule has 17 heavy (non-hydrogen) atoms. The lowest BCUT2D eigenvalue weighted by Gasteiger charge is -2.24. The molecule has 0 spiro atoms. The van der Waals surface area contributed by atoms with Crippen LogP contribution in [0.15, 0.2) is 14.3 Å². The molecule has 5 unspecified atom stereocenters. The highest BCUT2D eigenvalue weighted by Crippen LogP contribution is 2.43. The predicted molar refractivity (Wildman–Crippen MR) is 79.3 cm³/mol. The molecule has 2 nitrogen and oxygen atoms in total. The fraction of sp³-hybridized carbons (Fsp3) is 0.667. The van der Waals surface area contributed by atoms with E-state index in [0.29, 0.717) is 17.9 Å². The Kier molecular flexibility index (Phi) is 4.36. The molecule has 0 radical (unpaired) electrons. The molecule has 0 bridgehead atoms. The molecule has 2 N–H and O–H groups in total.